The summed E-state index contributed by atoms with van der Waals surface area (Å²) in [6.07, 6.45) is 1.56. The average molecular weight is 556 g/mol. The highest BCUT2D eigenvalue weighted by Crippen LogP contribution is 2.45. The standard InChI is InChI=1S/C29H35ClFN5O3/c1-29(2,3)39-28(38)35-11-12-36-18(17-35)16-34(10-9-33(4)5)24-15-32-23-14-19(21(30)13-20(23)27(24)36)26-22(31)7-6-8-25(26)37/h6-8,13-15,18,37H,9-12,16-17H2,1-5H3/t18-/m0/s1. The van der Waals surface area contributed by atoms with Crippen LogP contribution in [0.4, 0.5) is 20.6 Å². The van der Waals surface area contributed by atoms with Gasteiger partial charge in [0, 0.05) is 55.2 Å². The fourth-order valence-corrected chi connectivity index (χ4v) is 5.63. The van der Waals surface area contributed by atoms with Crippen molar-refractivity contribution >= 4 is 40.0 Å². The van der Waals surface area contributed by atoms with Crippen LogP contribution >= 0.6 is 11.6 Å². The number of carbonyl (C=O) groups excluding carboxylic acids is 1. The van der Waals surface area contributed by atoms with E-state index in [1.807, 2.05) is 47.1 Å². The number of rotatable bonds is 4. The largest absolute Gasteiger partial charge is 0.507 e. The fraction of sp³-hybridized carbons (Fsp3) is 0.448. The molecule has 208 valence electrons. The number of aromatic hydroxyl groups is 1. The predicted molar refractivity (Wildman–Crippen MR) is 154 cm³/mol. The van der Waals surface area contributed by atoms with E-state index in [2.05, 4.69) is 14.7 Å². The first-order chi connectivity index (χ1) is 18.4. The van der Waals surface area contributed by atoms with Crippen LogP contribution in [0.2, 0.25) is 5.02 Å². The van der Waals surface area contributed by atoms with Gasteiger partial charge in [-0.15, -0.1) is 0 Å². The minimum Gasteiger partial charge on any atom is -0.507 e. The van der Waals surface area contributed by atoms with Gasteiger partial charge in [-0.05, 0) is 59.1 Å². The number of hydrogen-bond donors (Lipinski definition) is 1. The van der Waals surface area contributed by atoms with E-state index >= 15 is 0 Å². The van der Waals surface area contributed by atoms with E-state index in [9.17, 15) is 14.3 Å². The number of aromatic nitrogens is 1. The maximum absolute atomic E-state index is 14.7. The molecule has 2 aliphatic heterocycles. The molecule has 1 amide bonds. The van der Waals surface area contributed by atoms with Gasteiger partial charge in [0.05, 0.1) is 34.7 Å². The maximum Gasteiger partial charge on any atom is 0.410 e. The number of amides is 1. The molecule has 1 N–H and O–H groups in total. The summed E-state index contributed by atoms with van der Waals surface area (Å²) >= 11 is 6.75. The summed E-state index contributed by atoms with van der Waals surface area (Å²) in [4.78, 5) is 26.2. The normalized spacial score (nSPS) is 17.4. The van der Waals surface area contributed by atoms with Gasteiger partial charge in [-0.3, -0.25) is 4.98 Å². The molecule has 2 aliphatic rings. The van der Waals surface area contributed by atoms with Gasteiger partial charge in [0.15, 0.2) is 0 Å². The van der Waals surface area contributed by atoms with Gasteiger partial charge in [0.25, 0.3) is 0 Å². The molecule has 1 aromatic heterocycles. The molecule has 0 aliphatic carbocycles. The quantitative estimate of drug-likeness (QED) is 0.474. The van der Waals surface area contributed by atoms with Gasteiger partial charge in [0.2, 0.25) is 0 Å². The smallest absolute Gasteiger partial charge is 0.410 e. The summed E-state index contributed by atoms with van der Waals surface area (Å²) in [5.74, 6) is -0.732. The van der Waals surface area contributed by atoms with Crippen LogP contribution in [-0.4, -0.2) is 91.0 Å². The average Bonchev–Trinajstić information content (AvgIpc) is 2.85. The Hall–Kier alpha value is -3.30. The molecule has 8 nitrogen and oxygen atoms in total. The topological polar surface area (TPSA) is 72.4 Å². The highest BCUT2D eigenvalue weighted by Gasteiger charge is 2.39. The van der Waals surface area contributed by atoms with E-state index < -0.39 is 11.4 Å². The molecular formula is C29H35ClFN5O3. The lowest BCUT2D eigenvalue weighted by Crippen LogP contribution is -2.61. The minimum atomic E-state index is -0.561. The first-order valence-electron chi connectivity index (χ1n) is 13.2. The Kier molecular flexibility index (Phi) is 7.24. The summed E-state index contributed by atoms with van der Waals surface area (Å²) in [5.41, 5.74) is 2.54. The number of piperazine rings is 1. The molecule has 0 radical (unpaired) electrons. The number of pyridine rings is 1. The van der Waals surface area contributed by atoms with E-state index in [4.69, 9.17) is 21.3 Å². The molecule has 0 bridgehead atoms. The van der Waals surface area contributed by atoms with Crippen LogP contribution in [0.15, 0.2) is 36.5 Å². The molecule has 39 heavy (non-hydrogen) atoms. The van der Waals surface area contributed by atoms with Crippen LogP contribution in [0.25, 0.3) is 22.0 Å². The summed E-state index contributed by atoms with van der Waals surface area (Å²) in [6, 6.07) is 7.79. The number of likely N-dealkylation sites (N-methyl/N-ethyl adjacent to an activating group) is 1. The summed E-state index contributed by atoms with van der Waals surface area (Å²) in [5, 5.41) is 11.6. The highest BCUT2D eigenvalue weighted by atomic mass is 35.5. The van der Waals surface area contributed by atoms with Gasteiger partial charge in [-0.25, -0.2) is 9.18 Å². The molecule has 1 atom stereocenters. The Morgan fingerprint density at radius 1 is 1.23 bits per heavy atom. The van der Waals surface area contributed by atoms with E-state index in [1.54, 1.807) is 11.0 Å². The second-order valence-corrected chi connectivity index (χ2v) is 11.9. The van der Waals surface area contributed by atoms with Crippen LogP contribution < -0.4 is 9.80 Å². The number of phenols is 1. The first kappa shape index (κ1) is 27.3. The van der Waals surface area contributed by atoms with Gasteiger partial charge >= 0.3 is 6.09 Å². The predicted octanol–water partition coefficient (Wildman–Crippen LogP) is 5.21. The van der Waals surface area contributed by atoms with Crippen molar-refractivity contribution in [2.45, 2.75) is 32.4 Å². The van der Waals surface area contributed by atoms with Gasteiger partial charge < -0.3 is 29.4 Å². The van der Waals surface area contributed by atoms with E-state index in [0.29, 0.717) is 35.7 Å². The van der Waals surface area contributed by atoms with Crippen LogP contribution in [0.5, 0.6) is 5.75 Å². The third-order valence-corrected chi connectivity index (χ3v) is 7.49. The Balaban J connectivity index is 1.58. The van der Waals surface area contributed by atoms with E-state index in [0.717, 1.165) is 36.4 Å². The number of fused-ring (bicyclic) bond motifs is 5. The lowest BCUT2D eigenvalue weighted by atomic mass is 9.98. The van der Waals surface area contributed by atoms with Crippen molar-refractivity contribution in [2.24, 2.45) is 0 Å². The zero-order chi connectivity index (χ0) is 28.1. The summed E-state index contributed by atoms with van der Waals surface area (Å²) in [7, 11) is 4.08. The monoisotopic (exact) mass is 555 g/mol. The van der Waals surface area contributed by atoms with Crippen molar-refractivity contribution in [1.29, 1.82) is 0 Å². The lowest BCUT2D eigenvalue weighted by molar-refractivity contribution is 0.0215. The molecule has 0 saturated carbocycles. The lowest BCUT2D eigenvalue weighted by Gasteiger charge is -2.49. The molecule has 1 saturated heterocycles. The van der Waals surface area contributed by atoms with Gasteiger partial charge in [-0.2, -0.15) is 0 Å². The van der Waals surface area contributed by atoms with E-state index in [-0.39, 0.29) is 23.4 Å². The molecule has 0 spiro atoms. The van der Waals surface area contributed by atoms with Crippen molar-refractivity contribution in [2.75, 3.05) is 63.2 Å². The number of hydrogen-bond acceptors (Lipinski definition) is 7. The van der Waals surface area contributed by atoms with Gasteiger partial charge in [-0.1, -0.05) is 17.7 Å². The van der Waals surface area contributed by atoms with Crippen LogP contribution in [0, 0.1) is 5.82 Å². The van der Waals surface area contributed by atoms with Crippen molar-refractivity contribution < 1.29 is 19.0 Å². The number of carbonyl (C=O) groups is 1. The molecule has 2 aromatic carbocycles. The zero-order valence-corrected chi connectivity index (χ0v) is 23.8. The molecule has 0 unspecified atom stereocenters. The van der Waals surface area contributed by atoms with Crippen LogP contribution in [-0.2, 0) is 4.74 Å². The van der Waals surface area contributed by atoms with Crippen LogP contribution in [0.3, 0.4) is 0 Å². The summed E-state index contributed by atoms with van der Waals surface area (Å²) in [6.45, 7) is 9.70. The Morgan fingerprint density at radius 2 is 2.00 bits per heavy atom. The molecule has 3 heterocycles. The zero-order valence-electron chi connectivity index (χ0n) is 23.0. The third-order valence-electron chi connectivity index (χ3n) is 7.18. The second-order valence-electron chi connectivity index (χ2n) is 11.5. The van der Waals surface area contributed by atoms with Crippen LogP contribution in [0.1, 0.15) is 20.8 Å². The first-order valence-corrected chi connectivity index (χ1v) is 13.5. The van der Waals surface area contributed by atoms with Crippen molar-refractivity contribution in [1.82, 2.24) is 14.8 Å². The number of halogens is 2. The number of nitrogens with zero attached hydrogens (tertiary/aromatic N) is 5. The molecule has 10 heteroatoms. The van der Waals surface area contributed by atoms with E-state index in [1.165, 1.54) is 18.2 Å². The number of ether oxygens (including phenoxy) is 1. The fourth-order valence-electron chi connectivity index (χ4n) is 5.38. The SMILES string of the molecule is CN(C)CCN1C[C@H]2CN(C(=O)OC(C)(C)C)CCN2c2c1cnc1cc(-c3c(O)cccc3F)c(Cl)cc21. The third kappa shape index (κ3) is 5.43. The number of anilines is 2. The number of phenolic OH excluding ortho intramolecular Hbond substituents is 1. The minimum absolute atomic E-state index is 0.0422. The van der Waals surface area contributed by atoms with Crippen molar-refractivity contribution in [3.8, 4) is 16.9 Å². The Bertz CT molecular complexity index is 1390. The molecule has 3 aromatic rings. The second kappa shape index (κ2) is 10.4. The summed E-state index contributed by atoms with van der Waals surface area (Å²) < 4.78 is 20.4. The number of benzene rings is 2. The molecule has 5 rings (SSSR count). The Morgan fingerprint density at radius 3 is 2.69 bits per heavy atom. The van der Waals surface area contributed by atoms with Crippen molar-refractivity contribution in [3.63, 3.8) is 0 Å². The van der Waals surface area contributed by atoms with Crippen molar-refractivity contribution in [3.05, 3.63) is 47.4 Å². The molecule has 1 fully saturated rings. The highest BCUT2D eigenvalue weighted by molar-refractivity contribution is 6.34. The molecular weight excluding hydrogens is 521 g/mol. The van der Waals surface area contributed by atoms with Gasteiger partial charge in [0.1, 0.15) is 17.2 Å². The Labute approximate surface area is 233 Å². The maximum atomic E-state index is 14.7.